The first-order valence-electron chi connectivity index (χ1n) is 11.0. The molecule has 0 bridgehead atoms. The Morgan fingerprint density at radius 3 is 2.28 bits per heavy atom. The third kappa shape index (κ3) is 4.44. The summed E-state index contributed by atoms with van der Waals surface area (Å²) in [4.78, 5) is 0. The van der Waals surface area contributed by atoms with Crippen LogP contribution in [0.15, 0.2) is 35.9 Å². The Balaban J connectivity index is 1.49. The van der Waals surface area contributed by atoms with E-state index in [1.165, 1.54) is 74.4 Å². The number of hydrogen-bond acceptors (Lipinski definition) is 0. The molecule has 1 saturated carbocycles. The molecule has 0 N–H and O–H groups in total. The van der Waals surface area contributed by atoms with Crippen LogP contribution < -0.4 is 0 Å². The molecule has 0 saturated heterocycles. The normalized spacial score (nSPS) is 21.6. The van der Waals surface area contributed by atoms with Crippen LogP contribution in [-0.4, -0.2) is 0 Å². The third-order valence-corrected chi connectivity index (χ3v) is 6.96. The third-order valence-electron chi connectivity index (χ3n) is 6.96. The van der Waals surface area contributed by atoms with E-state index in [1.54, 1.807) is 0 Å². The summed E-state index contributed by atoms with van der Waals surface area (Å²) in [6, 6.07) is 6.78. The van der Waals surface area contributed by atoms with Crippen molar-refractivity contribution < 1.29 is 13.2 Å². The van der Waals surface area contributed by atoms with Crippen molar-refractivity contribution in [3.63, 3.8) is 0 Å². The van der Waals surface area contributed by atoms with Crippen LogP contribution in [0.3, 0.4) is 0 Å². The zero-order chi connectivity index (χ0) is 20.4. The minimum atomic E-state index is -0.580. The van der Waals surface area contributed by atoms with Crippen LogP contribution in [0.2, 0.25) is 0 Å². The highest BCUT2D eigenvalue weighted by atomic mass is 19.1. The van der Waals surface area contributed by atoms with Gasteiger partial charge in [-0.1, -0.05) is 62.8 Å². The zero-order valence-corrected chi connectivity index (χ0v) is 17.1. The van der Waals surface area contributed by atoms with E-state index in [2.05, 4.69) is 6.92 Å². The molecule has 0 heterocycles. The average Bonchev–Trinajstić information content (AvgIpc) is 2.73. The van der Waals surface area contributed by atoms with E-state index in [4.69, 9.17) is 0 Å². The first-order chi connectivity index (χ1) is 14.0. The van der Waals surface area contributed by atoms with Gasteiger partial charge in [-0.25, -0.2) is 13.2 Å². The molecule has 2 aliphatic rings. The van der Waals surface area contributed by atoms with Crippen LogP contribution >= 0.6 is 0 Å². The Labute approximate surface area is 171 Å². The van der Waals surface area contributed by atoms with Gasteiger partial charge in [-0.3, -0.25) is 0 Å². The summed E-state index contributed by atoms with van der Waals surface area (Å²) in [7, 11) is 0. The highest BCUT2D eigenvalue weighted by Gasteiger charge is 2.23. The lowest BCUT2D eigenvalue weighted by atomic mass is 9.78. The fraction of sp³-hybridized carbons (Fsp3) is 0.462. The van der Waals surface area contributed by atoms with Crippen molar-refractivity contribution in [1.82, 2.24) is 0 Å². The highest BCUT2D eigenvalue weighted by Crippen LogP contribution is 2.38. The van der Waals surface area contributed by atoms with Crippen molar-refractivity contribution in [3.8, 4) is 11.1 Å². The van der Waals surface area contributed by atoms with Gasteiger partial charge < -0.3 is 0 Å². The molecule has 0 unspecified atom stereocenters. The molecule has 154 valence electrons. The number of halogens is 3. The van der Waals surface area contributed by atoms with Gasteiger partial charge in [0.1, 0.15) is 17.5 Å². The van der Waals surface area contributed by atoms with Crippen LogP contribution in [0.1, 0.15) is 69.4 Å². The topological polar surface area (TPSA) is 0 Å². The Morgan fingerprint density at radius 1 is 0.897 bits per heavy atom. The zero-order valence-electron chi connectivity index (χ0n) is 17.1. The molecular formula is C26H29F3. The maximum Gasteiger partial charge on any atom is 0.137 e. The first kappa shape index (κ1) is 20.3. The van der Waals surface area contributed by atoms with Gasteiger partial charge in [-0.05, 0) is 72.4 Å². The van der Waals surface area contributed by atoms with Crippen LogP contribution in [0, 0.1) is 29.3 Å². The van der Waals surface area contributed by atoms with Gasteiger partial charge in [0.25, 0.3) is 0 Å². The van der Waals surface area contributed by atoms with Crippen molar-refractivity contribution in [3.05, 3.63) is 64.5 Å². The van der Waals surface area contributed by atoms with E-state index in [0.29, 0.717) is 23.1 Å². The average molecular weight is 399 g/mol. The van der Waals surface area contributed by atoms with Crippen molar-refractivity contribution in [1.29, 1.82) is 0 Å². The Bertz CT molecular complexity index is 887. The lowest BCUT2D eigenvalue weighted by molar-refractivity contribution is 0.258. The highest BCUT2D eigenvalue weighted by molar-refractivity contribution is 5.71. The summed E-state index contributed by atoms with van der Waals surface area (Å²) in [6.45, 7) is 2.29. The largest absolute Gasteiger partial charge is 0.207 e. The van der Waals surface area contributed by atoms with Crippen LogP contribution in [0.5, 0.6) is 0 Å². The molecule has 0 radical (unpaired) electrons. The number of hydrogen-bond donors (Lipinski definition) is 0. The number of benzene rings is 2. The second kappa shape index (κ2) is 8.77. The van der Waals surface area contributed by atoms with E-state index >= 15 is 4.39 Å². The molecule has 0 spiro atoms. The predicted molar refractivity (Wildman–Crippen MR) is 113 cm³/mol. The maximum absolute atomic E-state index is 15.1. The molecular weight excluding hydrogens is 369 g/mol. The Morgan fingerprint density at radius 2 is 1.59 bits per heavy atom. The molecule has 2 aromatic rings. The summed E-state index contributed by atoms with van der Waals surface area (Å²) >= 11 is 0. The molecule has 0 aromatic heterocycles. The fourth-order valence-electron chi connectivity index (χ4n) is 5.04. The van der Waals surface area contributed by atoms with Gasteiger partial charge in [-0.2, -0.15) is 0 Å². The minimum absolute atomic E-state index is 0.0479. The molecule has 0 amide bonds. The summed E-state index contributed by atoms with van der Waals surface area (Å²) in [5.41, 5.74) is 2.89. The number of fused-ring (bicyclic) bond motifs is 1. The summed E-state index contributed by atoms with van der Waals surface area (Å²) < 4.78 is 43.0. The monoisotopic (exact) mass is 398 g/mol. The number of allylic oxidation sites excluding steroid dienone is 1. The van der Waals surface area contributed by atoms with Gasteiger partial charge in [0.05, 0.1) is 5.56 Å². The smallest absolute Gasteiger partial charge is 0.137 e. The van der Waals surface area contributed by atoms with Crippen LogP contribution in [-0.2, 0) is 6.42 Å². The quantitative estimate of drug-likeness (QED) is 0.477. The molecule has 0 atom stereocenters. The van der Waals surface area contributed by atoms with E-state index in [-0.39, 0.29) is 5.56 Å². The van der Waals surface area contributed by atoms with Gasteiger partial charge in [0, 0.05) is 0 Å². The van der Waals surface area contributed by atoms with Crippen molar-refractivity contribution in [2.75, 3.05) is 0 Å². The number of rotatable bonds is 5. The fourth-order valence-corrected chi connectivity index (χ4v) is 5.04. The molecule has 4 rings (SSSR count). The Hall–Kier alpha value is -2.03. The summed E-state index contributed by atoms with van der Waals surface area (Å²) in [6.07, 6.45) is 12.3. The van der Waals surface area contributed by atoms with Crippen molar-refractivity contribution in [2.24, 2.45) is 11.8 Å². The van der Waals surface area contributed by atoms with E-state index in [1.807, 2.05) is 6.08 Å². The van der Waals surface area contributed by atoms with Gasteiger partial charge >= 0.3 is 0 Å². The van der Waals surface area contributed by atoms with Gasteiger partial charge in [-0.15, -0.1) is 0 Å². The van der Waals surface area contributed by atoms with Crippen molar-refractivity contribution >= 4 is 6.08 Å². The molecule has 0 aliphatic heterocycles. The van der Waals surface area contributed by atoms with Gasteiger partial charge in [0.15, 0.2) is 0 Å². The summed E-state index contributed by atoms with van der Waals surface area (Å²) in [5, 5.41) is 0. The van der Waals surface area contributed by atoms with Gasteiger partial charge in [0.2, 0.25) is 0 Å². The lowest BCUT2D eigenvalue weighted by Crippen LogP contribution is -2.14. The molecule has 2 aliphatic carbocycles. The Kier molecular flexibility index (Phi) is 6.12. The molecule has 29 heavy (non-hydrogen) atoms. The molecule has 2 aromatic carbocycles. The maximum atomic E-state index is 15.1. The van der Waals surface area contributed by atoms with Crippen LogP contribution in [0.4, 0.5) is 13.2 Å². The SMILES string of the molecule is CCC1CCC(CCC2=Cc3cc(F)c(-c4ccc(F)cc4)c(F)c3CC2)CC1. The predicted octanol–water partition coefficient (Wildman–Crippen LogP) is 8.10. The standard InChI is InChI=1S/C26H29F3/c1-2-17-3-5-18(6-4-17)7-8-19-9-14-23-21(15-19)16-24(28)25(26(23)29)20-10-12-22(27)13-11-20/h10-13,15-18H,2-9,14H2,1H3. The van der Waals surface area contributed by atoms with E-state index in [9.17, 15) is 8.78 Å². The van der Waals surface area contributed by atoms with E-state index < -0.39 is 17.5 Å². The van der Waals surface area contributed by atoms with Crippen molar-refractivity contribution in [2.45, 2.75) is 64.7 Å². The second-order valence-corrected chi connectivity index (χ2v) is 8.76. The molecule has 1 fully saturated rings. The minimum Gasteiger partial charge on any atom is -0.207 e. The molecule has 3 heteroatoms. The summed E-state index contributed by atoms with van der Waals surface area (Å²) in [5.74, 6) is 0.217. The van der Waals surface area contributed by atoms with E-state index in [0.717, 1.165) is 24.7 Å². The molecule has 0 nitrogen and oxygen atoms in total. The second-order valence-electron chi connectivity index (χ2n) is 8.76. The lowest BCUT2D eigenvalue weighted by Gasteiger charge is -2.28. The van der Waals surface area contributed by atoms with Crippen LogP contribution in [0.25, 0.3) is 17.2 Å². The first-order valence-corrected chi connectivity index (χ1v) is 11.0.